The first-order valence-electron chi connectivity index (χ1n) is 8.16. The molecule has 0 aliphatic carbocycles. The molecule has 2 aromatic rings. The molecule has 0 unspecified atom stereocenters. The van der Waals surface area contributed by atoms with Crippen LogP contribution in [0.5, 0.6) is 5.75 Å². The summed E-state index contributed by atoms with van der Waals surface area (Å²) in [5.74, 6) is 1.47. The smallest absolute Gasteiger partial charge is 0.250 e. The molecule has 0 fully saturated rings. The number of ether oxygens (including phenoxy) is 1. The maximum absolute atomic E-state index is 12.0. The van der Waals surface area contributed by atoms with Gasteiger partial charge in [0.15, 0.2) is 5.96 Å². The van der Waals surface area contributed by atoms with E-state index in [1.807, 2.05) is 24.3 Å². The Labute approximate surface area is 181 Å². The molecule has 0 saturated carbocycles. The quantitative estimate of drug-likeness (QED) is 0.202. The second kappa shape index (κ2) is 12.2. The van der Waals surface area contributed by atoms with Gasteiger partial charge in [-0.2, -0.15) is 0 Å². The summed E-state index contributed by atoms with van der Waals surface area (Å²) in [6, 6.07) is 11.2. The summed E-state index contributed by atoms with van der Waals surface area (Å²) in [4.78, 5) is 4.13. The first-order chi connectivity index (χ1) is 12.5. The van der Waals surface area contributed by atoms with Crippen LogP contribution in [-0.4, -0.2) is 48.2 Å². The highest BCUT2D eigenvalue weighted by molar-refractivity contribution is 14.0. The number of guanidine groups is 1. The van der Waals surface area contributed by atoms with E-state index in [-0.39, 0.29) is 30.5 Å². The zero-order valence-corrected chi connectivity index (χ0v) is 19.2. The summed E-state index contributed by atoms with van der Waals surface area (Å²) >= 11 is 1.20. The second-order valence-electron chi connectivity index (χ2n) is 5.35. The number of hydrogen-bond acceptors (Lipinski definition) is 5. The molecule has 0 radical (unpaired) electrons. The molecule has 2 rings (SSSR count). The minimum absolute atomic E-state index is 0. The molecule has 7 nitrogen and oxygen atoms in total. The highest BCUT2D eigenvalue weighted by atomic mass is 127. The van der Waals surface area contributed by atoms with Crippen LogP contribution in [0.15, 0.2) is 51.0 Å². The van der Waals surface area contributed by atoms with Crippen molar-refractivity contribution < 1.29 is 13.2 Å². The summed E-state index contributed by atoms with van der Waals surface area (Å²) in [6.07, 6.45) is 0.843. The molecule has 1 aromatic carbocycles. The highest BCUT2D eigenvalue weighted by Crippen LogP contribution is 2.14. The van der Waals surface area contributed by atoms with Crippen molar-refractivity contribution in [2.75, 3.05) is 33.8 Å². The van der Waals surface area contributed by atoms with Gasteiger partial charge in [-0.1, -0.05) is 18.2 Å². The minimum atomic E-state index is -3.42. The van der Waals surface area contributed by atoms with Crippen LogP contribution in [0.3, 0.4) is 0 Å². The molecule has 10 heteroatoms. The fourth-order valence-corrected chi connectivity index (χ4v) is 4.26. The topological polar surface area (TPSA) is 91.8 Å². The first-order valence-corrected chi connectivity index (χ1v) is 10.5. The molecule has 150 valence electrons. The number of nitrogens with zero attached hydrogens (tertiary/aromatic N) is 1. The average Bonchev–Trinajstić information content (AvgIpc) is 3.20. The molecule has 0 bridgehead atoms. The van der Waals surface area contributed by atoms with Crippen molar-refractivity contribution in [3.8, 4) is 5.75 Å². The third-order valence-electron chi connectivity index (χ3n) is 3.56. The van der Waals surface area contributed by atoms with Crippen LogP contribution >= 0.6 is 35.3 Å². The van der Waals surface area contributed by atoms with Gasteiger partial charge in [0.25, 0.3) is 0 Å². The molecule has 3 N–H and O–H groups in total. The molecule has 0 amide bonds. The molecular weight excluding hydrogens is 499 g/mol. The van der Waals surface area contributed by atoms with Crippen LogP contribution in [0.25, 0.3) is 0 Å². The maximum Gasteiger partial charge on any atom is 0.250 e. The van der Waals surface area contributed by atoms with Gasteiger partial charge in [0.2, 0.25) is 10.0 Å². The number of aliphatic imine (C=N–C) groups is 1. The second-order valence-corrected chi connectivity index (χ2v) is 8.30. The van der Waals surface area contributed by atoms with E-state index in [1.54, 1.807) is 31.7 Å². The van der Waals surface area contributed by atoms with E-state index in [2.05, 4.69) is 20.3 Å². The third-order valence-corrected chi connectivity index (χ3v) is 6.42. The van der Waals surface area contributed by atoms with Crippen molar-refractivity contribution in [1.82, 2.24) is 15.4 Å². The summed E-state index contributed by atoms with van der Waals surface area (Å²) in [6.45, 7) is 1.43. The van der Waals surface area contributed by atoms with Crippen LogP contribution < -0.4 is 20.1 Å². The van der Waals surface area contributed by atoms with Gasteiger partial charge in [-0.05, 0) is 35.6 Å². The van der Waals surface area contributed by atoms with Gasteiger partial charge in [-0.25, -0.2) is 13.1 Å². The van der Waals surface area contributed by atoms with Crippen LogP contribution in [0.4, 0.5) is 0 Å². The summed E-state index contributed by atoms with van der Waals surface area (Å²) in [5.41, 5.74) is 1.19. The van der Waals surface area contributed by atoms with Gasteiger partial charge in [0.1, 0.15) is 9.96 Å². The molecule has 1 heterocycles. The van der Waals surface area contributed by atoms with Crippen molar-refractivity contribution in [2.24, 2.45) is 4.99 Å². The maximum atomic E-state index is 12.0. The van der Waals surface area contributed by atoms with Crippen molar-refractivity contribution in [3.63, 3.8) is 0 Å². The normalized spacial score (nSPS) is 11.6. The van der Waals surface area contributed by atoms with E-state index < -0.39 is 10.0 Å². The Balaban J connectivity index is 0.00000364. The van der Waals surface area contributed by atoms with Crippen LogP contribution in [-0.2, 0) is 16.4 Å². The number of halogens is 1. The van der Waals surface area contributed by atoms with Gasteiger partial charge < -0.3 is 15.4 Å². The number of hydrogen-bond donors (Lipinski definition) is 3. The predicted molar refractivity (Wildman–Crippen MR) is 121 cm³/mol. The van der Waals surface area contributed by atoms with E-state index in [4.69, 9.17) is 4.74 Å². The Bertz CT molecular complexity index is 794. The minimum Gasteiger partial charge on any atom is -0.497 e. The summed E-state index contributed by atoms with van der Waals surface area (Å²) in [5, 5.41) is 8.03. The number of benzene rings is 1. The molecule has 0 atom stereocenters. The molecule has 0 spiro atoms. The summed E-state index contributed by atoms with van der Waals surface area (Å²) < 4.78 is 32.0. The predicted octanol–water partition coefficient (Wildman–Crippen LogP) is 2.06. The fourth-order valence-electron chi connectivity index (χ4n) is 2.19. The molecule has 0 saturated heterocycles. The monoisotopic (exact) mass is 524 g/mol. The molecule has 0 aliphatic heterocycles. The number of nitrogens with one attached hydrogen (secondary N) is 3. The van der Waals surface area contributed by atoms with E-state index in [1.165, 1.54) is 16.9 Å². The average molecular weight is 524 g/mol. The van der Waals surface area contributed by atoms with Gasteiger partial charge in [-0.3, -0.25) is 4.99 Å². The van der Waals surface area contributed by atoms with Crippen molar-refractivity contribution in [3.05, 3.63) is 47.3 Å². The van der Waals surface area contributed by atoms with Gasteiger partial charge in [0.05, 0.1) is 7.11 Å². The Morgan fingerprint density at radius 1 is 1.11 bits per heavy atom. The number of methoxy groups -OCH3 is 1. The van der Waals surface area contributed by atoms with Gasteiger partial charge >= 0.3 is 0 Å². The lowest BCUT2D eigenvalue weighted by molar-refractivity contribution is 0.414. The van der Waals surface area contributed by atoms with E-state index in [9.17, 15) is 8.42 Å². The lowest BCUT2D eigenvalue weighted by Gasteiger charge is -2.12. The van der Waals surface area contributed by atoms with Crippen LogP contribution in [0.2, 0.25) is 0 Å². The van der Waals surface area contributed by atoms with Gasteiger partial charge in [-0.15, -0.1) is 35.3 Å². The van der Waals surface area contributed by atoms with Crippen molar-refractivity contribution in [1.29, 1.82) is 0 Å². The lowest BCUT2D eigenvalue weighted by Crippen LogP contribution is -2.42. The Morgan fingerprint density at radius 2 is 1.81 bits per heavy atom. The molecule has 1 aromatic heterocycles. The zero-order valence-electron chi connectivity index (χ0n) is 15.3. The van der Waals surface area contributed by atoms with E-state index >= 15 is 0 Å². The third kappa shape index (κ3) is 8.03. The van der Waals surface area contributed by atoms with Crippen molar-refractivity contribution >= 4 is 51.3 Å². The van der Waals surface area contributed by atoms with Gasteiger partial charge in [0, 0.05) is 26.7 Å². The SMILES string of the molecule is CN=C(NCCNS(=O)(=O)c1cccs1)NCCc1ccc(OC)cc1.I. The lowest BCUT2D eigenvalue weighted by atomic mass is 10.1. The standard InChI is InChI=1S/C17H24N4O3S2.HI/c1-18-17(19-10-9-14-5-7-15(24-2)8-6-14)20-11-12-21-26(22,23)16-4-3-13-25-16;/h3-8,13,21H,9-12H2,1-2H3,(H2,18,19,20);1H. The molecule has 0 aliphatic rings. The number of thiophene rings is 1. The summed E-state index contributed by atoms with van der Waals surface area (Å²) in [7, 11) is -0.0977. The Morgan fingerprint density at radius 3 is 2.41 bits per heavy atom. The van der Waals surface area contributed by atoms with Crippen LogP contribution in [0, 0.1) is 0 Å². The van der Waals surface area contributed by atoms with E-state index in [0.717, 1.165) is 12.2 Å². The zero-order chi connectivity index (χ0) is 18.8. The molecule has 27 heavy (non-hydrogen) atoms. The largest absolute Gasteiger partial charge is 0.497 e. The molecular formula is C17H25IN4O3S2. The Hall–Kier alpha value is -1.37. The highest BCUT2D eigenvalue weighted by Gasteiger charge is 2.13. The van der Waals surface area contributed by atoms with E-state index in [0.29, 0.717) is 23.3 Å². The Kier molecular flexibility index (Phi) is 10.7. The van der Waals surface area contributed by atoms with Crippen molar-refractivity contribution in [2.45, 2.75) is 10.6 Å². The number of rotatable bonds is 9. The fraction of sp³-hybridized carbons (Fsp3) is 0.353. The number of sulfonamides is 1. The van der Waals surface area contributed by atoms with Crippen LogP contribution in [0.1, 0.15) is 5.56 Å². The first kappa shape index (κ1) is 23.7.